The number of nitriles is 3. The molecule has 0 fully saturated rings. The van der Waals surface area contributed by atoms with Crippen molar-refractivity contribution in [1.82, 2.24) is 9.88 Å². The fraction of sp³-hybridized carbons (Fsp3) is 0.400. The number of fused-ring (bicyclic) bond motifs is 1. The Morgan fingerprint density at radius 1 is 1.31 bits per heavy atom. The van der Waals surface area contributed by atoms with E-state index in [0.717, 1.165) is 11.1 Å². The third-order valence-corrected chi connectivity index (χ3v) is 5.47. The van der Waals surface area contributed by atoms with Crippen molar-refractivity contribution in [3.63, 3.8) is 0 Å². The number of hydrogen-bond donors (Lipinski definition) is 1. The Hall–Kier alpha value is -3.14. The maximum atomic E-state index is 9.97. The highest BCUT2D eigenvalue weighted by molar-refractivity contribution is 5.59. The summed E-state index contributed by atoms with van der Waals surface area (Å²) in [5, 5.41) is 29.6. The summed E-state index contributed by atoms with van der Waals surface area (Å²) in [5.41, 5.74) is 6.64. The molecule has 2 aliphatic rings. The van der Waals surface area contributed by atoms with Gasteiger partial charge in [0.1, 0.15) is 6.07 Å². The van der Waals surface area contributed by atoms with Crippen LogP contribution in [0.1, 0.15) is 25.3 Å². The lowest BCUT2D eigenvalue weighted by atomic mass is 9.58. The summed E-state index contributed by atoms with van der Waals surface area (Å²) < 4.78 is 0. The zero-order valence-corrected chi connectivity index (χ0v) is 14.8. The van der Waals surface area contributed by atoms with Crippen LogP contribution in [0.2, 0.25) is 0 Å². The molecule has 0 unspecified atom stereocenters. The van der Waals surface area contributed by atoms with Crippen LogP contribution in [0.5, 0.6) is 0 Å². The van der Waals surface area contributed by atoms with Gasteiger partial charge in [0.15, 0.2) is 5.41 Å². The van der Waals surface area contributed by atoms with E-state index in [9.17, 15) is 15.8 Å². The van der Waals surface area contributed by atoms with Crippen molar-refractivity contribution in [3.05, 3.63) is 53.0 Å². The lowest BCUT2D eigenvalue weighted by Gasteiger charge is -2.46. The Kier molecular flexibility index (Phi) is 4.51. The second-order valence-electron chi connectivity index (χ2n) is 7.01. The standard InChI is InChI=1S/C20H20N6/c1-13(2)26-7-5-15-16(8-21)19(24)20(11-22,12-23)18(17(15)10-26)14-4-3-6-25-9-14/h3-6,9,13,17-18H,7,10,24H2,1-2H3/t17-,18+/m0/s1. The lowest BCUT2D eigenvalue weighted by Crippen LogP contribution is -2.49. The Morgan fingerprint density at radius 2 is 2.04 bits per heavy atom. The Labute approximate surface area is 153 Å². The molecule has 0 bridgehead atoms. The minimum absolute atomic E-state index is 0.0550. The second-order valence-corrected chi connectivity index (χ2v) is 7.01. The first-order valence-corrected chi connectivity index (χ1v) is 8.57. The third kappa shape index (κ3) is 2.46. The highest BCUT2D eigenvalue weighted by atomic mass is 15.2. The van der Waals surface area contributed by atoms with Crippen molar-refractivity contribution < 1.29 is 0 Å². The van der Waals surface area contributed by atoms with E-state index in [4.69, 9.17) is 5.73 Å². The molecule has 0 aromatic carbocycles. The maximum absolute atomic E-state index is 9.97. The molecule has 1 aromatic rings. The first-order chi connectivity index (χ1) is 12.5. The molecule has 3 rings (SSSR count). The molecule has 130 valence electrons. The summed E-state index contributed by atoms with van der Waals surface area (Å²) in [6, 6.07) is 10.4. The third-order valence-electron chi connectivity index (χ3n) is 5.47. The van der Waals surface area contributed by atoms with Gasteiger partial charge in [0, 0.05) is 43.4 Å². The van der Waals surface area contributed by atoms with Crippen LogP contribution in [0.25, 0.3) is 0 Å². The molecule has 2 heterocycles. The van der Waals surface area contributed by atoms with E-state index < -0.39 is 11.3 Å². The summed E-state index contributed by atoms with van der Waals surface area (Å²) in [4.78, 5) is 6.45. The molecular formula is C20H20N6. The average Bonchev–Trinajstić information content (AvgIpc) is 2.67. The highest BCUT2D eigenvalue weighted by Gasteiger charge is 2.54. The molecule has 0 radical (unpaired) electrons. The molecule has 0 saturated heterocycles. The summed E-state index contributed by atoms with van der Waals surface area (Å²) >= 11 is 0. The van der Waals surface area contributed by atoms with E-state index in [1.807, 2.05) is 12.1 Å². The van der Waals surface area contributed by atoms with E-state index >= 15 is 0 Å². The van der Waals surface area contributed by atoms with Gasteiger partial charge in [0.25, 0.3) is 0 Å². The first-order valence-electron chi connectivity index (χ1n) is 8.57. The Balaban J connectivity index is 2.29. The first kappa shape index (κ1) is 17.7. The summed E-state index contributed by atoms with van der Waals surface area (Å²) in [7, 11) is 0. The van der Waals surface area contributed by atoms with Crippen molar-refractivity contribution in [2.24, 2.45) is 17.1 Å². The van der Waals surface area contributed by atoms with Gasteiger partial charge >= 0.3 is 0 Å². The highest BCUT2D eigenvalue weighted by Crippen LogP contribution is 2.54. The van der Waals surface area contributed by atoms with Crippen LogP contribution in [-0.4, -0.2) is 29.0 Å². The monoisotopic (exact) mass is 344 g/mol. The average molecular weight is 344 g/mol. The van der Waals surface area contributed by atoms with Gasteiger partial charge in [-0.15, -0.1) is 0 Å². The summed E-state index contributed by atoms with van der Waals surface area (Å²) in [5.74, 6) is -0.646. The number of rotatable bonds is 2. The van der Waals surface area contributed by atoms with Crippen molar-refractivity contribution in [2.75, 3.05) is 13.1 Å². The Morgan fingerprint density at radius 3 is 2.58 bits per heavy atom. The van der Waals surface area contributed by atoms with Crippen molar-refractivity contribution in [2.45, 2.75) is 25.8 Å². The van der Waals surface area contributed by atoms with E-state index in [1.165, 1.54) is 0 Å². The number of pyridine rings is 1. The fourth-order valence-electron chi connectivity index (χ4n) is 4.06. The summed E-state index contributed by atoms with van der Waals surface area (Å²) in [6.07, 6.45) is 5.36. The second kappa shape index (κ2) is 6.64. The molecule has 1 aromatic heterocycles. The van der Waals surface area contributed by atoms with Gasteiger partial charge in [0.2, 0.25) is 0 Å². The van der Waals surface area contributed by atoms with E-state index in [-0.39, 0.29) is 17.2 Å². The molecule has 2 N–H and O–H groups in total. The number of hydrogen-bond acceptors (Lipinski definition) is 6. The predicted octanol–water partition coefficient (Wildman–Crippen LogP) is 2.22. The van der Waals surface area contributed by atoms with Gasteiger partial charge in [-0.25, -0.2) is 0 Å². The smallest absolute Gasteiger partial charge is 0.191 e. The molecule has 1 aliphatic carbocycles. The van der Waals surface area contributed by atoms with Crippen molar-refractivity contribution in [1.29, 1.82) is 15.8 Å². The fourth-order valence-corrected chi connectivity index (χ4v) is 4.06. The maximum Gasteiger partial charge on any atom is 0.191 e. The zero-order valence-electron chi connectivity index (χ0n) is 14.8. The minimum Gasteiger partial charge on any atom is -0.399 e. The molecule has 0 saturated carbocycles. The molecule has 0 spiro atoms. The largest absolute Gasteiger partial charge is 0.399 e. The molecule has 6 nitrogen and oxygen atoms in total. The molecule has 1 aliphatic heterocycles. The number of nitrogens with two attached hydrogens (primary N) is 1. The van der Waals surface area contributed by atoms with Gasteiger partial charge < -0.3 is 5.73 Å². The number of aromatic nitrogens is 1. The van der Waals surface area contributed by atoms with Crippen LogP contribution in [0.4, 0.5) is 0 Å². The Bertz CT molecular complexity index is 877. The van der Waals surface area contributed by atoms with Crippen LogP contribution in [0, 0.1) is 45.3 Å². The van der Waals surface area contributed by atoms with Crippen molar-refractivity contribution >= 4 is 0 Å². The molecule has 6 heteroatoms. The number of nitrogens with zero attached hydrogens (tertiary/aromatic N) is 5. The predicted molar refractivity (Wildman–Crippen MR) is 95.7 cm³/mol. The normalized spacial score (nSPS) is 24.8. The van der Waals surface area contributed by atoms with Gasteiger partial charge in [-0.05, 0) is 31.1 Å². The van der Waals surface area contributed by atoms with Gasteiger partial charge in [-0.3, -0.25) is 9.88 Å². The molecule has 0 amide bonds. The quantitative estimate of drug-likeness (QED) is 0.880. The topological polar surface area (TPSA) is 114 Å². The van der Waals surface area contributed by atoms with Crippen LogP contribution >= 0.6 is 0 Å². The lowest BCUT2D eigenvalue weighted by molar-refractivity contribution is 0.174. The van der Waals surface area contributed by atoms with Crippen LogP contribution in [0.3, 0.4) is 0 Å². The molecule has 26 heavy (non-hydrogen) atoms. The summed E-state index contributed by atoms with van der Waals surface area (Å²) in [6.45, 7) is 5.59. The zero-order chi connectivity index (χ0) is 18.9. The van der Waals surface area contributed by atoms with E-state index in [1.54, 1.807) is 18.5 Å². The van der Waals surface area contributed by atoms with Gasteiger partial charge in [0.05, 0.1) is 23.4 Å². The van der Waals surface area contributed by atoms with E-state index in [2.05, 4.69) is 41.9 Å². The molecular weight excluding hydrogens is 324 g/mol. The number of allylic oxidation sites excluding steroid dienone is 2. The minimum atomic E-state index is -1.59. The van der Waals surface area contributed by atoms with Gasteiger partial charge in [-0.2, -0.15) is 15.8 Å². The van der Waals surface area contributed by atoms with E-state index in [0.29, 0.717) is 19.1 Å². The van der Waals surface area contributed by atoms with Crippen LogP contribution < -0.4 is 5.73 Å². The van der Waals surface area contributed by atoms with Crippen LogP contribution in [-0.2, 0) is 0 Å². The van der Waals surface area contributed by atoms with Gasteiger partial charge in [-0.1, -0.05) is 12.1 Å². The molecule has 2 atom stereocenters. The van der Waals surface area contributed by atoms with Crippen molar-refractivity contribution in [3.8, 4) is 18.2 Å². The SMILES string of the molecule is CC(C)N1CC=C2C(C#N)=C(N)C(C#N)(C#N)[C@H](c3cccnc3)[C@H]2C1. The van der Waals surface area contributed by atoms with Crippen LogP contribution in [0.15, 0.2) is 47.4 Å².